The number of carbonyl (C=O) groups is 2. The Labute approximate surface area is 140 Å². The zero-order valence-corrected chi connectivity index (χ0v) is 13.4. The van der Waals surface area contributed by atoms with Gasteiger partial charge in [0.1, 0.15) is 0 Å². The molecule has 3 aliphatic heterocycles. The van der Waals surface area contributed by atoms with Gasteiger partial charge in [-0.3, -0.25) is 9.59 Å². The van der Waals surface area contributed by atoms with Gasteiger partial charge in [-0.15, -0.1) is 0 Å². The highest BCUT2D eigenvalue weighted by molar-refractivity contribution is 6.09. The molecule has 3 aliphatic rings. The van der Waals surface area contributed by atoms with E-state index in [1.54, 1.807) is 0 Å². The van der Waals surface area contributed by atoms with Gasteiger partial charge < -0.3 is 9.80 Å². The summed E-state index contributed by atoms with van der Waals surface area (Å²) in [5.41, 5.74) is 6.22. The molecule has 120 valence electrons. The fourth-order valence-corrected chi connectivity index (χ4v) is 4.31. The third kappa shape index (κ3) is 1.86. The van der Waals surface area contributed by atoms with E-state index in [-0.39, 0.29) is 11.8 Å². The molecule has 3 heterocycles. The Kier molecular flexibility index (Phi) is 2.84. The van der Waals surface area contributed by atoms with Gasteiger partial charge in [-0.05, 0) is 54.2 Å². The minimum Gasteiger partial charge on any atom is -0.311 e. The van der Waals surface area contributed by atoms with Crippen molar-refractivity contribution in [3.05, 3.63) is 58.7 Å². The first-order valence-corrected chi connectivity index (χ1v) is 8.58. The molecule has 0 spiro atoms. The lowest BCUT2D eigenvalue weighted by atomic mass is 9.98. The van der Waals surface area contributed by atoms with Crippen LogP contribution >= 0.6 is 0 Å². The molecule has 2 aromatic rings. The molecule has 0 saturated carbocycles. The summed E-state index contributed by atoms with van der Waals surface area (Å²) in [7, 11) is 0. The second kappa shape index (κ2) is 4.94. The third-order valence-electron chi connectivity index (χ3n) is 5.39. The van der Waals surface area contributed by atoms with E-state index >= 15 is 0 Å². The molecule has 0 fully saturated rings. The summed E-state index contributed by atoms with van der Waals surface area (Å²) in [6.45, 7) is 1.51. The zero-order valence-electron chi connectivity index (χ0n) is 13.4. The maximum Gasteiger partial charge on any atom is 0.258 e. The van der Waals surface area contributed by atoms with Crippen LogP contribution in [0.25, 0.3) is 0 Å². The van der Waals surface area contributed by atoms with Crippen molar-refractivity contribution >= 4 is 23.2 Å². The molecule has 2 aromatic carbocycles. The van der Waals surface area contributed by atoms with Crippen molar-refractivity contribution in [2.75, 3.05) is 22.9 Å². The van der Waals surface area contributed by atoms with Crippen molar-refractivity contribution in [1.29, 1.82) is 0 Å². The molecule has 0 saturated heterocycles. The fourth-order valence-electron chi connectivity index (χ4n) is 4.31. The van der Waals surface area contributed by atoms with Crippen LogP contribution in [0.15, 0.2) is 36.4 Å². The van der Waals surface area contributed by atoms with Gasteiger partial charge in [0.05, 0.1) is 12.1 Å². The van der Waals surface area contributed by atoms with Gasteiger partial charge >= 0.3 is 0 Å². The molecule has 0 aromatic heterocycles. The van der Waals surface area contributed by atoms with Crippen LogP contribution in [0.3, 0.4) is 0 Å². The molecule has 0 bridgehead atoms. The predicted molar refractivity (Wildman–Crippen MR) is 92.6 cm³/mol. The van der Waals surface area contributed by atoms with Crippen LogP contribution in [0.4, 0.5) is 11.4 Å². The van der Waals surface area contributed by atoms with E-state index in [0.29, 0.717) is 6.42 Å². The van der Waals surface area contributed by atoms with Crippen LogP contribution in [0, 0.1) is 0 Å². The van der Waals surface area contributed by atoms with Crippen LogP contribution < -0.4 is 9.80 Å². The Hall–Kier alpha value is -2.62. The first-order chi connectivity index (χ1) is 11.7. The maximum atomic E-state index is 13.2. The van der Waals surface area contributed by atoms with Crippen LogP contribution in [-0.4, -0.2) is 24.9 Å². The molecule has 0 aliphatic carbocycles. The number of hydrogen-bond donors (Lipinski definition) is 0. The Morgan fingerprint density at radius 3 is 2.71 bits per heavy atom. The van der Waals surface area contributed by atoms with E-state index in [4.69, 9.17) is 0 Å². The quantitative estimate of drug-likeness (QED) is 0.811. The monoisotopic (exact) mass is 318 g/mol. The fraction of sp³-hybridized carbons (Fsp3) is 0.300. The van der Waals surface area contributed by atoms with Gasteiger partial charge in [0.25, 0.3) is 5.91 Å². The van der Waals surface area contributed by atoms with E-state index in [1.165, 1.54) is 5.56 Å². The summed E-state index contributed by atoms with van der Waals surface area (Å²) in [5.74, 6) is 0.218. The molecule has 5 rings (SSSR count). The number of carbonyl (C=O) groups excluding carboxylic acids is 2. The molecule has 24 heavy (non-hydrogen) atoms. The number of nitrogens with zero attached hydrogens (tertiary/aromatic N) is 2. The van der Waals surface area contributed by atoms with Gasteiger partial charge in [0.15, 0.2) is 0 Å². The maximum absolute atomic E-state index is 13.2. The molecule has 2 amide bonds. The van der Waals surface area contributed by atoms with Crippen molar-refractivity contribution in [3.8, 4) is 0 Å². The van der Waals surface area contributed by atoms with E-state index in [2.05, 4.69) is 6.07 Å². The third-order valence-corrected chi connectivity index (χ3v) is 5.39. The van der Waals surface area contributed by atoms with Crippen LogP contribution in [0.5, 0.6) is 0 Å². The van der Waals surface area contributed by atoms with Crippen molar-refractivity contribution in [3.63, 3.8) is 0 Å². The van der Waals surface area contributed by atoms with Gasteiger partial charge in [0.2, 0.25) is 5.91 Å². The van der Waals surface area contributed by atoms with E-state index in [1.807, 2.05) is 40.1 Å². The molecule has 0 radical (unpaired) electrons. The summed E-state index contributed by atoms with van der Waals surface area (Å²) >= 11 is 0. The van der Waals surface area contributed by atoms with Gasteiger partial charge in [0, 0.05) is 24.3 Å². The van der Waals surface area contributed by atoms with E-state index < -0.39 is 0 Å². The molecule has 0 unspecified atom stereocenters. The number of fused-ring (bicyclic) bond motifs is 1. The first kappa shape index (κ1) is 13.8. The highest BCUT2D eigenvalue weighted by atomic mass is 16.2. The Morgan fingerprint density at radius 1 is 0.958 bits per heavy atom. The predicted octanol–water partition coefficient (Wildman–Crippen LogP) is 2.72. The van der Waals surface area contributed by atoms with Gasteiger partial charge in [-0.2, -0.15) is 0 Å². The standard InChI is InChI=1S/C20H18N2O2/c23-18-12-15-11-16(10-14-7-9-22(18)19(14)15)20(24)21-8-3-5-13-4-1-2-6-17(13)21/h1-2,4,6,10-11H,3,5,7-9,12H2. The number of anilines is 2. The summed E-state index contributed by atoms with van der Waals surface area (Å²) in [4.78, 5) is 29.0. The Balaban J connectivity index is 1.56. The van der Waals surface area contributed by atoms with Crippen LogP contribution in [-0.2, 0) is 24.1 Å². The topological polar surface area (TPSA) is 40.6 Å². The summed E-state index contributed by atoms with van der Waals surface area (Å²) in [6.07, 6.45) is 3.30. The summed E-state index contributed by atoms with van der Waals surface area (Å²) < 4.78 is 0. The molecule has 4 nitrogen and oxygen atoms in total. The number of aryl methyl sites for hydroxylation is 1. The van der Waals surface area contributed by atoms with Crippen molar-refractivity contribution < 1.29 is 9.59 Å². The highest BCUT2D eigenvalue weighted by Crippen LogP contribution is 2.39. The Morgan fingerprint density at radius 2 is 1.79 bits per heavy atom. The minimum atomic E-state index is 0.0546. The summed E-state index contributed by atoms with van der Waals surface area (Å²) in [6, 6.07) is 12.1. The summed E-state index contributed by atoms with van der Waals surface area (Å²) in [5, 5.41) is 0. The lowest BCUT2D eigenvalue weighted by molar-refractivity contribution is -0.117. The van der Waals surface area contributed by atoms with Crippen LogP contribution in [0.2, 0.25) is 0 Å². The van der Waals surface area contributed by atoms with Gasteiger partial charge in [-0.1, -0.05) is 18.2 Å². The Bertz CT molecular complexity index is 887. The van der Waals surface area contributed by atoms with Crippen LogP contribution in [0.1, 0.15) is 33.5 Å². The number of hydrogen-bond acceptors (Lipinski definition) is 2. The first-order valence-electron chi connectivity index (χ1n) is 8.58. The molecule has 0 N–H and O–H groups in total. The number of benzene rings is 2. The number of amides is 2. The SMILES string of the molecule is O=C(c1cc2c3c(c1)CC(=O)N3CC2)N1CCCc2ccccc21. The number of rotatable bonds is 1. The van der Waals surface area contributed by atoms with E-state index in [0.717, 1.165) is 60.4 Å². The van der Waals surface area contributed by atoms with Crippen molar-refractivity contribution in [2.45, 2.75) is 25.7 Å². The number of para-hydroxylation sites is 1. The highest BCUT2D eigenvalue weighted by Gasteiger charge is 2.35. The largest absolute Gasteiger partial charge is 0.311 e. The van der Waals surface area contributed by atoms with Crippen molar-refractivity contribution in [2.24, 2.45) is 0 Å². The smallest absolute Gasteiger partial charge is 0.258 e. The molecule has 0 atom stereocenters. The second-order valence-electron chi connectivity index (χ2n) is 6.80. The second-order valence-corrected chi connectivity index (χ2v) is 6.80. The van der Waals surface area contributed by atoms with Crippen molar-refractivity contribution in [1.82, 2.24) is 0 Å². The average molecular weight is 318 g/mol. The van der Waals surface area contributed by atoms with E-state index in [9.17, 15) is 9.59 Å². The normalized spacial score (nSPS) is 17.9. The molecule has 4 heteroatoms. The van der Waals surface area contributed by atoms with Gasteiger partial charge in [-0.25, -0.2) is 0 Å². The average Bonchev–Trinajstić information content (AvgIpc) is 3.18. The molecular formula is C20H18N2O2. The minimum absolute atomic E-state index is 0.0546. The molecular weight excluding hydrogens is 300 g/mol. The lowest BCUT2D eigenvalue weighted by Crippen LogP contribution is -2.35. The lowest BCUT2D eigenvalue weighted by Gasteiger charge is -2.29. The zero-order chi connectivity index (χ0) is 16.3.